The number of hydrogen-bond donors (Lipinski definition) is 1. The lowest BCUT2D eigenvalue weighted by molar-refractivity contribution is -0.144. The van der Waals surface area contributed by atoms with E-state index in [4.69, 9.17) is 0 Å². The van der Waals surface area contributed by atoms with Gasteiger partial charge in [-0.2, -0.15) is 0 Å². The molecule has 0 spiro atoms. The molecule has 3 heteroatoms. The van der Waals surface area contributed by atoms with E-state index >= 15 is 0 Å². The second kappa shape index (κ2) is 5.74. The highest BCUT2D eigenvalue weighted by Crippen LogP contribution is 2.34. The van der Waals surface area contributed by atoms with Gasteiger partial charge in [-0.05, 0) is 31.4 Å². The fraction of sp³-hybridized carbons (Fsp3) is 0.562. The first-order chi connectivity index (χ1) is 9.07. The van der Waals surface area contributed by atoms with Crippen LogP contribution in [0.25, 0.3) is 0 Å². The predicted octanol–water partition coefficient (Wildman–Crippen LogP) is 2.90. The van der Waals surface area contributed by atoms with Crippen molar-refractivity contribution in [2.24, 2.45) is 0 Å². The highest BCUT2D eigenvalue weighted by atomic mass is 16.4. The van der Waals surface area contributed by atoms with E-state index < -0.39 is 5.97 Å². The van der Waals surface area contributed by atoms with Crippen molar-refractivity contribution < 1.29 is 9.90 Å². The minimum absolute atomic E-state index is 0.0718. The molecule has 0 amide bonds. The van der Waals surface area contributed by atoms with Crippen LogP contribution in [0.15, 0.2) is 30.3 Å². The fourth-order valence-electron chi connectivity index (χ4n) is 3.21. The van der Waals surface area contributed by atoms with Crippen LogP contribution in [0, 0.1) is 0 Å². The molecular formula is C16H23NO2. The van der Waals surface area contributed by atoms with Crippen LogP contribution in [0.1, 0.15) is 38.7 Å². The lowest BCUT2D eigenvalue weighted by Crippen LogP contribution is -2.51. The first-order valence-electron chi connectivity index (χ1n) is 7.09. The summed E-state index contributed by atoms with van der Waals surface area (Å²) in [6, 6.07) is 10.1. The summed E-state index contributed by atoms with van der Waals surface area (Å²) < 4.78 is 0. The van der Waals surface area contributed by atoms with Gasteiger partial charge in [-0.15, -0.1) is 0 Å². The quantitative estimate of drug-likeness (QED) is 0.906. The van der Waals surface area contributed by atoms with Gasteiger partial charge >= 0.3 is 5.97 Å². The summed E-state index contributed by atoms with van der Waals surface area (Å²) >= 11 is 0. The Morgan fingerprint density at radius 1 is 1.42 bits per heavy atom. The average Bonchev–Trinajstić information content (AvgIpc) is 2.40. The molecule has 0 aromatic heterocycles. The van der Waals surface area contributed by atoms with Crippen molar-refractivity contribution >= 4 is 5.97 Å². The zero-order chi connectivity index (χ0) is 13.9. The lowest BCUT2D eigenvalue weighted by Gasteiger charge is -2.43. The smallest absolute Gasteiger partial charge is 0.320 e. The molecule has 1 fully saturated rings. The van der Waals surface area contributed by atoms with Crippen molar-refractivity contribution in [2.75, 3.05) is 13.1 Å². The van der Waals surface area contributed by atoms with Gasteiger partial charge in [-0.25, -0.2) is 0 Å². The fourth-order valence-corrected chi connectivity index (χ4v) is 3.21. The molecule has 1 heterocycles. The Labute approximate surface area is 115 Å². The molecular weight excluding hydrogens is 238 g/mol. The highest BCUT2D eigenvalue weighted by molar-refractivity contribution is 5.73. The van der Waals surface area contributed by atoms with Gasteiger partial charge in [0.1, 0.15) is 6.04 Å². The average molecular weight is 261 g/mol. The molecule has 2 rings (SSSR count). The van der Waals surface area contributed by atoms with Crippen LogP contribution >= 0.6 is 0 Å². The number of rotatable bonds is 4. The summed E-state index contributed by atoms with van der Waals surface area (Å²) in [5, 5.41) is 9.32. The Bertz CT molecular complexity index is 432. The molecule has 0 unspecified atom stereocenters. The van der Waals surface area contributed by atoms with Crippen molar-refractivity contribution in [3.63, 3.8) is 0 Å². The van der Waals surface area contributed by atoms with Crippen LogP contribution in [0.4, 0.5) is 0 Å². The summed E-state index contributed by atoms with van der Waals surface area (Å²) in [6.07, 6.45) is 2.86. The summed E-state index contributed by atoms with van der Waals surface area (Å²) in [7, 11) is 0. The van der Waals surface area contributed by atoms with Gasteiger partial charge in [-0.1, -0.05) is 44.2 Å². The van der Waals surface area contributed by atoms with Crippen molar-refractivity contribution in [3.05, 3.63) is 35.9 Å². The van der Waals surface area contributed by atoms with Gasteiger partial charge in [0.2, 0.25) is 0 Å². The molecule has 0 bridgehead atoms. The molecule has 104 valence electrons. The molecule has 1 aromatic rings. The van der Waals surface area contributed by atoms with Gasteiger partial charge in [0.25, 0.3) is 0 Å². The largest absolute Gasteiger partial charge is 0.480 e. The standard InChI is InChI=1S/C16H23NO2/c1-3-14(15(18)19)17-11-7-10-16(2,12-17)13-8-5-4-6-9-13/h4-6,8-9,14H,3,7,10-12H2,1-2H3,(H,18,19)/t14-,16+/m1/s1. The van der Waals surface area contributed by atoms with E-state index in [2.05, 4.69) is 36.1 Å². The van der Waals surface area contributed by atoms with Crippen molar-refractivity contribution in [2.45, 2.75) is 44.6 Å². The minimum Gasteiger partial charge on any atom is -0.480 e. The summed E-state index contributed by atoms with van der Waals surface area (Å²) in [4.78, 5) is 13.5. The highest BCUT2D eigenvalue weighted by Gasteiger charge is 2.36. The van der Waals surface area contributed by atoms with Crippen molar-refractivity contribution in [1.82, 2.24) is 4.90 Å². The molecule has 19 heavy (non-hydrogen) atoms. The molecule has 3 nitrogen and oxygen atoms in total. The first-order valence-corrected chi connectivity index (χ1v) is 7.09. The molecule has 1 aliphatic rings. The molecule has 1 saturated heterocycles. The molecule has 2 atom stereocenters. The van der Waals surface area contributed by atoms with Gasteiger partial charge in [0, 0.05) is 12.0 Å². The molecule has 1 N–H and O–H groups in total. The van der Waals surface area contributed by atoms with E-state index in [-0.39, 0.29) is 11.5 Å². The number of carboxylic acids is 1. The normalized spacial score (nSPS) is 26.0. The SMILES string of the molecule is CC[C@H](C(=O)O)N1CCC[C@](C)(c2ccccc2)C1. The maximum absolute atomic E-state index is 11.3. The summed E-state index contributed by atoms with van der Waals surface area (Å²) in [5.41, 5.74) is 1.39. The zero-order valence-corrected chi connectivity index (χ0v) is 11.8. The second-order valence-corrected chi connectivity index (χ2v) is 5.76. The number of hydrogen-bond acceptors (Lipinski definition) is 2. The van der Waals surface area contributed by atoms with E-state index in [0.717, 1.165) is 25.9 Å². The number of likely N-dealkylation sites (tertiary alicyclic amines) is 1. The summed E-state index contributed by atoms with van der Waals surface area (Å²) in [5.74, 6) is -0.695. The molecule has 1 aromatic carbocycles. The topological polar surface area (TPSA) is 40.5 Å². The van der Waals surface area contributed by atoms with Crippen LogP contribution in [0.3, 0.4) is 0 Å². The van der Waals surface area contributed by atoms with E-state index in [1.807, 2.05) is 13.0 Å². The van der Waals surface area contributed by atoms with Crippen LogP contribution in [0.5, 0.6) is 0 Å². The number of aliphatic carboxylic acids is 1. The van der Waals surface area contributed by atoms with Gasteiger partial charge < -0.3 is 5.11 Å². The van der Waals surface area contributed by atoms with Crippen LogP contribution < -0.4 is 0 Å². The minimum atomic E-state index is -0.695. The number of carboxylic acid groups (broad SMARTS) is 1. The van der Waals surface area contributed by atoms with Crippen LogP contribution in [-0.2, 0) is 10.2 Å². The number of piperidine rings is 1. The van der Waals surface area contributed by atoms with Gasteiger partial charge in [0.05, 0.1) is 0 Å². The third-order valence-electron chi connectivity index (χ3n) is 4.31. The Kier molecular flexibility index (Phi) is 4.25. The number of nitrogens with zero attached hydrogens (tertiary/aromatic N) is 1. The molecule has 1 aliphatic heterocycles. The Hall–Kier alpha value is -1.35. The van der Waals surface area contributed by atoms with Gasteiger partial charge in [0.15, 0.2) is 0 Å². The van der Waals surface area contributed by atoms with E-state index in [1.165, 1.54) is 5.56 Å². The third kappa shape index (κ3) is 2.98. The number of carbonyl (C=O) groups is 1. The van der Waals surface area contributed by atoms with E-state index in [0.29, 0.717) is 6.42 Å². The van der Waals surface area contributed by atoms with Crippen LogP contribution in [-0.4, -0.2) is 35.1 Å². The lowest BCUT2D eigenvalue weighted by atomic mass is 9.75. The summed E-state index contributed by atoms with van der Waals surface area (Å²) in [6.45, 7) is 5.94. The molecule has 0 aliphatic carbocycles. The van der Waals surface area contributed by atoms with Crippen molar-refractivity contribution in [3.8, 4) is 0 Å². The second-order valence-electron chi connectivity index (χ2n) is 5.76. The van der Waals surface area contributed by atoms with E-state index in [9.17, 15) is 9.90 Å². The predicted molar refractivity (Wildman–Crippen MR) is 76.3 cm³/mol. The molecule has 0 saturated carbocycles. The van der Waals surface area contributed by atoms with Gasteiger partial charge in [-0.3, -0.25) is 9.69 Å². The Balaban J connectivity index is 2.19. The maximum Gasteiger partial charge on any atom is 0.320 e. The number of benzene rings is 1. The first kappa shape index (κ1) is 14.1. The zero-order valence-electron chi connectivity index (χ0n) is 11.8. The monoisotopic (exact) mass is 261 g/mol. The Morgan fingerprint density at radius 3 is 2.68 bits per heavy atom. The van der Waals surface area contributed by atoms with Crippen molar-refractivity contribution in [1.29, 1.82) is 0 Å². The Morgan fingerprint density at radius 2 is 2.11 bits per heavy atom. The third-order valence-corrected chi connectivity index (χ3v) is 4.31. The van der Waals surface area contributed by atoms with Crippen LogP contribution in [0.2, 0.25) is 0 Å². The maximum atomic E-state index is 11.3. The van der Waals surface area contributed by atoms with E-state index in [1.54, 1.807) is 0 Å². The molecule has 0 radical (unpaired) electrons.